The minimum atomic E-state index is -0.0837. The van der Waals surface area contributed by atoms with Gasteiger partial charge in [0, 0.05) is 19.6 Å². The zero-order valence-corrected chi connectivity index (χ0v) is 15.0. The molecule has 0 heterocycles. The number of benzene rings is 2. The second-order valence-corrected chi connectivity index (χ2v) is 5.74. The van der Waals surface area contributed by atoms with Gasteiger partial charge in [-0.3, -0.25) is 9.69 Å². The summed E-state index contributed by atoms with van der Waals surface area (Å²) in [7, 11) is 0. The summed E-state index contributed by atoms with van der Waals surface area (Å²) in [6.45, 7) is 2.29. The van der Waals surface area contributed by atoms with E-state index in [2.05, 4.69) is 22.3 Å². The number of para-hydroxylation sites is 1. The van der Waals surface area contributed by atoms with Crippen molar-refractivity contribution in [2.24, 2.45) is 5.73 Å². The molecule has 0 bridgehead atoms. The van der Waals surface area contributed by atoms with Gasteiger partial charge in [0.25, 0.3) is 0 Å². The maximum Gasteiger partial charge on any atom is 0.238 e. The van der Waals surface area contributed by atoms with Gasteiger partial charge in [0.15, 0.2) is 0 Å². The van der Waals surface area contributed by atoms with Crippen LogP contribution in [0.1, 0.15) is 5.56 Å². The van der Waals surface area contributed by atoms with Crippen LogP contribution in [0.2, 0.25) is 5.02 Å². The van der Waals surface area contributed by atoms with E-state index in [0.29, 0.717) is 30.3 Å². The van der Waals surface area contributed by atoms with Crippen molar-refractivity contribution in [2.75, 3.05) is 31.5 Å². The van der Waals surface area contributed by atoms with E-state index in [9.17, 15) is 4.79 Å². The lowest BCUT2D eigenvalue weighted by molar-refractivity contribution is -0.117. The van der Waals surface area contributed by atoms with E-state index >= 15 is 0 Å². The Morgan fingerprint density at radius 2 is 1.71 bits per heavy atom. The number of carbonyl (C=O) groups is 1. The molecule has 0 saturated heterocycles. The zero-order valence-electron chi connectivity index (χ0n) is 13.5. The van der Waals surface area contributed by atoms with Crippen LogP contribution >= 0.6 is 24.0 Å². The van der Waals surface area contributed by atoms with Gasteiger partial charge in [-0.05, 0) is 24.1 Å². The number of rotatable bonds is 8. The van der Waals surface area contributed by atoms with Crippen LogP contribution in [0.4, 0.5) is 5.69 Å². The van der Waals surface area contributed by atoms with Crippen molar-refractivity contribution in [2.45, 2.75) is 6.42 Å². The van der Waals surface area contributed by atoms with Crippen molar-refractivity contribution in [1.29, 1.82) is 0 Å². The summed E-state index contributed by atoms with van der Waals surface area (Å²) in [4.78, 5) is 14.3. The number of carbonyl (C=O) groups excluding carboxylic acids is 1. The topological polar surface area (TPSA) is 58.4 Å². The number of nitrogens with one attached hydrogen (secondary N) is 1. The maximum absolute atomic E-state index is 12.2. The van der Waals surface area contributed by atoms with Crippen molar-refractivity contribution in [1.82, 2.24) is 4.90 Å². The zero-order chi connectivity index (χ0) is 16.5. The molecule has 130 valence electrons. The average Bonchev–Trinajstić information content (AvgIpc) is 2.56. The number of hydrogen-bond donors (Lipinski definition) is 2. The minimum absolute atomic E-state index is 0. The van der Waals surface area contributed by atoms with Gasteiger partial charge in [0.1, 0.15) is 0 Å². The van der Waals surface area contributed by atoms with E-state index in [4.69, 9.17) is 17.3 Å². The average molecular weight is 368 g/mol. The van der Waals surface area contributed by atoms with Gasteiger partial charge < -0.3 is 11.1 Å². The van der Waals surface area contributed by atoms with Crippen molar-refractivity contribution in [3.8, 4) is 0 Å². The highest BCUT2D eigenvalue weighted by Gasteiger charge is 2.11. The monoisotopic (exact) mass is 367 g/mol. The summed E-state index contributed by atoms with van der Waals surface area (Å²) >= 11 is 6.06. The highest BCUT2D eigenvalue weighted by Crippen LogP contribution is 2.20. The summed E-state index contributed by atoms with van der Waals surface area (Å²) in [5, 5.41) is 3.38. The van der Waals surface area contributed by atoms with Gasteiger partial charge in [0.05, 0.1) is 17.3 Å². The standard InChI is InChI=1S/C18H22ClN3O.ClH/c19-16-8-4-5-9-17(16)21-18(23)14-22(13-11-20)12-10-15-6-2-1-3-7-15;/h1-9H,10-14,20H2,(H,21,23);1H. The van der Waals surface area contributed by atoms with Crippen LogP contribution in [0.5, 0.6) is 0 Å². The largest absolute Gasteiger partial charge is 0.329 e. The molecule has 0 radical (unpaired) electrons. The first-order valence-electron chi connectivity index (χ1n) is 7.70. The van der Waals surface area contributed by atoms with Crippen molar-refractivity contribution in [3.05, 3.63) is 65.2 Å². The van der Waals surface area contributed by atoms with Crippen LogP contribution in [0.25, 0.3) is 0 Å². The Morgan fingerprint density at radius 3 is 2.38 bits per heavy atom. The Morgan fingerprint density at radius 1 is 1.04 bits per heavy atom. The first-order valence-corrected chi connectivity index (χ1v) is 8.07. The van der Waals surface area contributed by atoms with Crippen LogP contribution in [0.3, 0.4) is 0 Å². The third-order valence-corrected chi connectivity index (χ3v) is 3.85. The van der Waals surface area contributed by atoms with Gasteiger partial charge in [-0.1, -0.05) is 54.1 Å². The summed E-state index contributed by atoms with van der Waals surface area (Å²) in [5.74, 6) is -0.0837. The summed E-state index contributed by atoms with van der Waals surface area (Å²) in [6, 6.07) is 17.4. The molecule has 0 spiro atoms. The first kappa shape index (κ1) is 20.5. The van der Waals surface area contributed by atoms with Crippen molar-refractivity contribution < 1.29 is 4.79 Å². The molecular weight excluding hydrogens is 345 g/mol. The Bertz CT molecular complexity index is 623. The fourth-order valence-electron chi connectivity index (χ4n) is 2.34. The molecule has 3 N–H and O–H groups in total. The lowest BCUT2D eigenvalue weighted by atomic mass is 10.1. The number of halogens is 2. The molecule has 0 saturated carbocycles. The van der Waals surface area contributed by atoms with E-state index in [-0.39, 0.29) is 18.3 Å². The van der Waals surface area contributed by atoms with Gasteiger partial charge in [-0.25, -0.2) is 0 Å². The predicted octanol–water partition coefficient (Wildman–Crippen LogP) is 3.20. The molecule has 1 amide bonds. The lowest BCUT2D eigenvalue weighted by Crippen LogP contribution is -2.38. The number of amides is 1. The molecule has 0 fully saturated rings. The quantitative estimate of drug-likeness (QED) is 0.752. The minimum Gasteiger partial charge on any atom is -0.329 e. The van der Waals surface area contributed by atoms with E-state index < -0.39 is 0 Å². The normalized spacial score (nSPS) is 10.3. The van der Waals surface area contributed by atoms with E-state index in [1.807, 2.05) is 30.3 Å². The smallest absolute Gasteiger partial charge is 0.238 e. The lowest BCUT2D eigenvalue weighted by Gasteiger charge is -2.21. The fourth-order valence-corrected chi connectivity index (χ4v) is 2.52. The Kier molecular flexibility index (Phi) is 9.42. The second-order valence-electron chi connectivity index (χ2n) is 5.33. The molecule has 2 rings (SSSR count). The van der Waals surface area contributed by atoms with Crippen LogP contribution in [-0.4, -0.2) is 37.0 Å². The highest BCUT2D eigenvalue weighted by atomic mass is 35.5. The van der Waals surface area contributed by atoms with Gasteiger partial charge >= 0.3 is 0 Å². The molecule has 0 aromatic heterocycles. The first-order chi connectivity index (χ1) is 11.2. The molecule has 0 aliphatic rings. The third kappa shape index (κ3) is 6.89. The van der Waals surface area contributed by atoms with Gasteiger partial charge in [-0.2, -0.15) is 0 Å². The molecule has 2 aromatic rings. The Labute approximate surface area is 154 Å². The van der Waals surface area contributed by atoms with Crippen LogP contribution < -0.4 is 11.1 Å². The summed E-state index contributed by atoms with van der Waals surface area (Å²) in [6.07, 6.45) is 0.889. The molecule has 24 heavy (non-hydrogen) atoms. The number of nitrogens with zero attached hydrogens (tertiary/aromatic N) is 1. The van der Waals surface area contributed by atoms with Gasteiger partial charge in [0.2, 0.25) is 5.91 Å². The SMILES string of the molecule is Cl.NCCN(CCc1ccccc1)CC(=O)Nc1ccccc1Cl. The second kappa shape index (κ2) is 11.0. The third-order valence-electron chi connectivity index (χ3n) is 3.52. The van der Waals surface area contributed by atoms with Crippen LogP contribution in [0.15, 0.2) is 54.6 Å². The van der Waals surface area contributed by atoms with Crippen molar-refractivity contribution in [3.63, 3.8) is 0 Å². The Balaban J connectivity index is 0.00000288. The van der Waals surface area contributed by atoms with Crippen molar-refractivity contribution >= 4 is 35.6 Å². The van der Waals surface area contributed by atoms with E-state index in [0.717, 1.165) is 13.0 Å². The number of anilines is 1. The molecule has 0 atom stereocenters. The summed E-state index contributed by atoms with van der Waals surface area (Å²) in [5.41, 5.74) is 7.54. The predicted molar refractivity (Wildman–Crippen MR) is 103 cm³/mol. The number of nitrogens with two attached hydrogens (primary N) is 1. The summed E-state index contributed by atoms with van der Waals surface area (Å²) < 4.78 is 0. The van der Waals surface area contributed by atoms with Crippen LogP contribution in [-0.2, 0) is 11.2 Å². The molecule has 0 aliphatic heterocycles. The van der Waals surface area contributed by atoms with E-state index in [1.165, 1.54) is 5.56 Å². The molecular formula is C18H23Cl2N3O. The maximum atomic E-state index is 12.2. The highest BCUT2D eigenvalue weighted by molar-refractivity contribution is 6.33. The molecule has 0 aliphatic carbocycles. The molecule has 4 nitrogen and oxygen atoms in total. The molecule has 0 unspecified atom stereocenters. The van der Waals surface area contributed by atoms with Gasteiger partial charge in [-0.15, -0.1) is 12.4 Å². The molecule has 2 aromatic carbocycles. The fraction of sp³-hybridized carbons (Fsp3) is 0.278. The molecule has 6 heteroatoms. The van der Waals surface area contributed by atoms with E-state index in [1.54, 1.807) is 12.1 Å². The van der Waals surface area contributed by atoms with Crippen LogP contribution in [0, 0.1) is 0 Å². The number of hydrogen-bond acceptors (Lipinski definition) is 3. The Hall–Kier alpha value is -1.59.